The van der Waals surface area contributed by atoms with E-state index in [0.29, 0.717) is 0 Å². The molecule has 0 saturated carbocycles. The fraction of sp³-hybridized carbons (Fsp3) is 0. The first-order chi connectivity index (χ1) is 4.56. The van der Waals surface area contributed by atoms with Crippen molar-refractivity contribution in [3.8, 4) is 0 Å². The number of carboxylic acid groups (broad SMARTS) is 2. The molecule has 0 unspecified atom stereocenters. The molecular formula is C5H10O5. The Morgan fingerprint density at radius 1 is 1.10 bits per heavy atom. The van der Waals surface area contributed by atoms with Crippen LogP contribution < -0.4 is 0 Å². The highest BCUT2D eigenvalue weighted by Crippen LogP contribution is 1.42. The number of hydrogen-bond donors (Lipinski definition) is 4. The molecule has 0 aromatic heterocycles. The van der Waals surface area contributed by atoms with Crippen LogP contribution in [0.2, 0.25) is 0 Å². The van der Waals surface area contributed by atoms with Crippen molar-refractivity contribution < 1.29 is 25.2 Å². The molecule has 60 valence electrons. The number of aliphatic hydroxyl groups is 2. The Balaban J connectivity index is -0.0000000750. The van der Waals surface area contributed by atoms with E-state index in [2.05, 4.69) is 13.2 Å². The molecule has 0 fully saturated rings. The molecule has 0 rings (SSSR count). The normalized spacial score (nSPS) is 4.80. The zero-order valence-corrected chi connectivity index (χ0v) is 5.27. The fourth-order valence-corrected chi connectivity index (χ4v) is 0. The van der Waals surface area contributed by atoms with Gasteiger partial charge < -0.3 is 20.4 Å². The summed E-state index contributed by atoms with van der Waals surface area (Å²) in [7, 11) is 0. The van der Waals surface area contributed by atoms with Crippen molar-refractivity contribution in [1.29, 1.82) is 0 Å². The van der Waals surface area contributed by atoms with Crippen LogP contribution in [0, 0.1) is 0 Å². The van der Waals surface area contributed by atoms with Crippen LogP contribution >= 0.6 is 0 Å². The van der Waals surface area contributed by atoms with Gasteiger partial charge in [-0.25, -0.2) is 4.79 Å². The molecule has 0 heterocycles. The maximum atomic E-state index is 8.56. The zero-order chi connectivity index (χ0) is 8.99. The van der Waals surface area contributed by atoms with Crippen LogP contribution in [0.25, 0.3) is 0 Å². The van der Waals surface area contributed by atoms with Gasteiger partial charge in [0.1, 0.15) is 0 Å². The average Bonchev–Trinajstić information content (AvgIpc) is 1.65. The van der Waals surface area contributed by atoms with Crippen LogP contribution in [0.3, 0.4) is 0 Å². The van der Waals surface area contributed by atoms with Gasteiger partial charge in [-0.2, -0.15) is 0 Å². The molecule has 0 atom stereocenters. The molecule has 0 aliphatic carbocycles. The summed E-state index contributed by atoms with van der Waals surface area (Å²) in [6.45, 7) is 5.83. The third kappa shape index (κ3) is 66.8. The molecule has 0 spiro atoms. The molecule has 0 aliphatic heterocycles. The van der Waals surface area contributed by atoms with E-state index in [4.69, 9.17) is 25.2 Å². The van der Waals surface area contributed by atoms with Gasteiger partial charge >= 0.3 is 6.16 Å². The van der Waals surface area contributed by atoms with Crippen molar-refractivity contribution in [2.45, 2.75) is 0 Å². The Labute approximate surface area is 58.2 Å². The minimum atomic E-state index is -1.83. The largest absolute Gasteiger partial charge is 0.516 e. The van der Waals surface area contributed by atoms with E-state index in [1.54, 1.807) is 0 Å². The summed E-state index contributed by atoms with van der Waals surface area (Å²) in [5.74, 6) is 0. The topological polar surface area (TPSA) is 98.0 Å². The van der Waals surface area contributed by atoms with Crippen LogP contribution in [-0.2, 0) is 0 Å². The molecule has 0 radical (unpaired) electrons. The van der Waals surface area contributed by atoms with Gasteiger partial charge in [0.15, 0.2) is 0 Å². The highest BCUT2D eigenvalue weighted by atomic mass is 16.6. The predicted octanol–water partition coefficient (Wildman–Crippen LogP) is 1.60. The van der Waals surface area contributed by atoms with Crippen molar-refractivity contribution in [2.75, 3.05) is 0 Å². The van der Waals surface area contributed by atoms with E-state index in [0.717, 1.165) is 12.5 Å². The minimum absolute atomic E-state index is 0.750. The van der Waals surface area contributed by atoms with E-state index in [-0.39, 0.29) is 0 Å². The first-order valence-corrected chi connectivity index (χ1v) is 1.98. The number of aliphatic hydroxyl groups excluding tert-OH is 2. The monoisotopic (exact) mass is 150 g/mol. The lowest BCUT2D eigenvalue weighted by Gasteiger charge is -1.60. The zero-order valence-electron chi connectivity index (χ0n) is 5.27. The average molecular weight is 150 g/mol. The van der Waals surface area contributed by atoms with E-state index in [1.807, 2.05) is 0 Å². The Bertz CT molecular complexity index is 78.0. The van der Waals surface area contributed by atoms with Gasteiger partial charge in [-0.05, 0) is 0 Å². The maximum absolute atomic E-state index is 8.56. The Hall–Kier alpha value is -1.65. The molecule has 0 aromatic carbocycles. The quantitative estimate of drug-likeness (QED) is 0.393. The summed E-state index contributed by atoms with van der Waals surface area (Å²) < 4.78 is 0. The summed E-state index contributed by atoms with van der Waals surface area (Å²) >= 11 is 0. The Morgan fingerprint density at radius 3 is 1.10 bits per heavy atom. The molecule has 4 N–H and O–H groups in total. The molecule has 0 aliphatic rings. The summed E-state index contributed by atoms with van der Waals surface area (Å²) in [6, 6.07) is 0. The lowest BCUT2D eigenvalue weighted by molar-refractivity contribution is 0.137. The Morgan fingerprint density at radius 2 is 1.10 bits per heavy atom. The predicted molar refractivity (Wildman–Crippen MR) is 36.3 cm³/mol. The van der Waals surface area contributed by atoms with Crippen molar-refractivity contribution in [3.05, 3.63) is 25.7 Å². The van der Waals surface area contributed by atoms with E-state index < -0.39 is 6.16 Å². The molecule has 5 nitrogen and oxygen atoms in total. The number of hydrogen-bond acceptors (Lipinski definition) is 3. The second-order valence-electron chi connectivity index (χ2n) is 0.648. The SMILES string of the molecule is C=CO.C=CO.O=C(O)O. The van der Waals surface area contributed by atoms with Gasteiger partial charge in [0.2, 0.25) is 0 Å². The Kier molecular flexibility index (Phi) is 41.6. The lowest BCUT2D eigenvalue weighted by Crippen LogP contribution is -1.81. The third-order valence-corrected chi connectivity index (χ3v) is 0. The van der Waals surface area contributed by atoms with Crippen molar-refractivity contribution in [1.82, 2.24) is 0 Å². The molecule has 10 heavy (non-hydrogen) atoms. The van der Waals surface area contributed by atoms with Crippen LogP contribution in [0.15, 0.2) is 25.7 Å². The third-order valence-electron chi connectivity index (χ3n) is 0. The van der Waals surface area contributed by atoms with Crippen LogP contribution in [0.4, 0.5) is 4.79 Å². The number of carbonyl (C=O) groups is 1. The highest BCUT2D eigenvalue weighted by Gasteiger charge is 1.70. The van der Waals surface area contributed by atoms with Crippen molar-refractivity contribution in [2.24, 2.45) is 0 Å². The first-order valence-electron chi connectivity index (χ1n) is 1.98. The molecule has 0 bridgehead atoms. The van der Waals surface area contributed by atoms with Gasteiger partial charge in [-0.1, -0.05) is 13.2 Å². The number of rotatable bonds is 0. The molecule has 0 saturated heterocycles. The van der Waals surface area contributed by atoms with Crippen LogP contribution in [0.1, 0.15) is 0 Å². The van der Waals surface area contributed by atoms with Crippen LogP contribution in [0.5, 0.6) is 0 Å². The van der Waals surface area contributed by atoms with Gasteiger partial charge in [0.25, 0.3) is 0 Å². The smallest absolute Gasteiger partial charge is 0.503 e. The summed E-state index contributed by atoms with van der Waals surface area (Å²) in [5, 5.41) is 28.6. The van der Waals surface area contributed by atoms with Crippen molar-refractivity contribution in [3.63, 3.8) is 0 Å². The lowest BCUT2D eigenvalue weighted by atomic mass is 11.2. The molecular weight excluding hydrogens is 140 g/mol. The summed E-state index contributed by atoms with van der Waals surface area (Å²) in [5.41, 5.74) is 0. The fourth-order valence-electron chi connectivity index (χ4n) is 0. The summed E-state index contributed by atoms with van der Waals surface area (Å²) in [4.78, 5) is 8.56. The minimum Gasteiger partial charge on any atom is -0.516 e. The van der Waals surface area contributed by atoms with Crippen LogP contribution in [-0.4, -0.2) is 26.6 Å². The molecule has 0 amide bonds. The summed E-state index contributed by atoms with van der Waals surface area (Å²) in [6.07, 6.45) is -0.333. The van der Waals surface area contributed by atoms with E-state index in [9.17, 15) is 0 Å². The molecule has 0 aromatic rings. The second kappa shape index (κ2) is 26.4. The first kappa shape index (κ1) is 15.8. The maximum Gasteiger partial charge on any atom is 0.503 e. The van der Waals surface area contributed by atoms with Gasteiger partial charge in [-0.3, -0.25) is 0 Å². The highest BCUT2D eigenvalue weighted by molar-refractivity contribution is 5.53. The van der Waals surface area contributed by atoms with Gasteiger partial charge in [0.05, 0.1) is 12.5 Å². The standard InChI is InChI=1S/2C2H4O.CH2O3/c2*1-2-3;2-1(3)4/h2*2-3H,1H2;(H2,2,3,4). The van der Waals surface area contributed by atoms with Crippen molar-refractivity contribution >= 4 is 6.16 Å². The van der Waals surface area contributed by atoms with E-state index >= 15 is 0 Å². The van der Waals surface area contributed by atoms with Gasteiger partial charge in [-0.15, -0.1) is 0 Å². The van der Waals surface area contributed by atoms with Gasteiger partial charge in [0, 0.05) is 0 Å². The molecule has 5 heteroatoms. The second-order valence-corrected chi connectivity index (χ2v) is 0.648. The van der Waals surface area contributed by atoms with E-state index in [1.165, 1.54) is 0 Å².